The van der Waals surface area contributed by atoms with Gasteiger partial charge in [0.25, 0.3) is 0 Å². The van der Waals surface area contributed by atoms with E-state index in [9.17, 15) is 8.42 Å². The van der Waals surface area contributed by atoms with Gasteiger partial charge in [-0.2, -0.15) is 14.7 Å². The topological polar surface area (TPSA) is 79.0 Å². The summed E-state index contributed by atoms with van der Waals surface area (Å²) in [5.41, 5.74) is 0.596. The molecule has 0 atom stereocenters. The fourth-order valence-electron chi connectivity index (χ4n) is 2.28. The molecular formula is C12H18N4O2S. The molecule has 1 aromatic heterocycles. The average Bonchev–Trinajstić information content (AvgIpc) is 2.82. The van der Waals surface area contributed by atoms with Crippen LogP contribution < -0.4 is 0 Å². The molecule has 1 fully saturated rings. The van der Waals surface area contributed by atoms with Crippen LogP contribution in [0.1, 0.15) is 25.8 Å². The van der Waals surface area contributed by atoms with Gasteiger partial charge in [-0.05, 0) is 18.9 Å². The number of sulfonamides is 1. The van der Waals surface area contributed by atoms with E-state index in [-0.39, 0.29) is 12.2 Å². The first-order valence-electron chi connectivity index (χ1n) is 6.36. The Morgan fingerprint density at radius 1 is 1.47 bits per heavy atom. The average molecular weight is 282 g/mol. The highest BCUT2D eigenvalue weighted by Crippen LogP contribution is 2.34. The second-order valence-electron chi connectivity index (χ2n) is 4.87. The summed E-state index contributed by atoms with van der Waals surface area (Å²) in [5.74, 6) is 0.0922. The normalized spacial score (nSPS) is 18.8. The molecule has 2 rings (SSSR count). The van der Waals surface area contributed by atoms with Crippen molar-refractivity contribution in [1.29, 1.82) is 5.26 Å². The zero-order valence-corrected chi connectivity index (χ0v) is 12.0. The Morgan fingerprint density at radius 2 is 2.16 bits per heavy atom. The van der Waals surface area contributed by atoms with Crippen LogP contribution in [-0.4, -0.2) is 41.3 Å². The lowest BCUT2D eigenvalue weighted by atomic mass is 9.89. The number of hydrogen-bond donors (Lipinski definition) is 0. The lowest BCUT2D eigenvalue weighted by molar-refractivity contribution is 0.0718. The highest BCUT2D eigenvalue weighted by molar-refractivity contribution is 7.89. The van der Waals surface area contributed by atoms with Crippen molar-refractivity contribution in [3.05, 3.63) is 18.0 Å². The van der Waals surface area contributed by atoms with Gasteiger partial charge in [-0.3, -0.25) is 4.68 Å². The summed E-state index contributed by atoms with van der Waals surface area (Å²) in [5, 5.41) is 13.3. The molecule has 0 spiro atoms. The smallest absolute Gasteiger partial charge is 0.213 e. The maximum atomic E-state index is 11.8. The standard InChI is InChI=1S/C12H18N4O2S/c1-3-11-7-14-16(8-11)12(5-6-13)9-15(10-12)19(17,18)4-2/h7-8H,3-5,9-10H2,1-2H3. The molecule has 0 aromatic carbocycles. The fourth-order valence-corrected chi connectivity index (χ4v) is 3.52. The molecule has 0 N–H and O–H groups in total. The Bertz CT molecular complexity index is 593. The molecule has 7 heteroatoms. The van der Waals surface area contributed by atoms with E-state index in [0.29, 0.717) is 13.1 Å². The van der Waals surface area contributed by atoms with Crippen molar-refractivity contribution in [1.82, 2.24) is 14.1 Å². The predicted octanol–water partition coefficient (Wildman–Crippen LogP) is 0.720. The minimum Gasteiger partial charge on any atom is -0.263 e. The lowest BCUT2D eigenvalue weighted by Gasteiger charge is -2.47. The predicted molar refractivity (Wildman–Crippen MR) is 70.8 cm³/mol. The van der Waals surface area contributed by atoms with Crippen molar-refractivity contribution in [2.24, 2.45) is 0 Å². The molecule has 6 nitrogen and oxygen atoms in total. The lowest BCUT2D eigenvalue weighted by Crippen LogP contribution is -2.64. The molecule has 19 heavy (non-hydrogen) atoms. The van der Waals surface area contributed by atoms with Gasteiger partial charge in [-0.15, -0.1) is 0 Å². The number of aryl methyl sites for hydroxylation is 1. The summed E-state index contributed by atoms with van der Waals surface area (Å²) in [6, 6.07) is 2.14. The summed E-state index contributed by atoms with van der Waals surface area (Å²) >= 11 is 0. The Balaban J connectivity index is 2.22. The number of rotatable bonds is 5. The number of hydrogen-bond acceptors (Lipinski definition) is 4. The summed E-state index contributed by atoms with van der Waals surface area (Å²) in [7, 11) is -3.17. The van der Waals surface area contributed by atoms with Gasteiger partial charge in [-0.25, -0.2) is 8.42 Å². The van der Waals surface area contributed by atoms with E-state index in [1.54, 1.807) is 17.8 Å². The second kappa shape index (κ2) is 4.94. The molecule has 1 saturated heterocycles. The molecule has 0 aliphatic carbocycles. The molecular weight excluding hydrogens is 264 g/mol. The van der Waals surface area contributed by atoms with Crippen molar-refractivity contribution in [3.8, 4) is 6.07 Å². The fraction of sp³-hybridized carbons (Fsp3) is 0.667. The van der Waals surface area contributed by atoms with Crippen molar-refractivity contribution in [2.75, 3.05) is 18.8 Å². The number of nitrogens with zero attached hydrogens (tertiary/aromatic N) is 4. The monoisotopic (exact) mass is 282 g/mol. The van der Waals surface area contributed by atoms with Crippen LogP contribution >= 0.6 is 0 Å². The van der Waals surface area contributed by atoms with Crippen LogP contribution in [0.2, 0.25) is 0 Å². The zero-order valence-electron chi connectivity index (χ0n) is 11.2. The minimum atomic E-state index is -3.17. The van der Waals surface area contributed by atoms with E-state index in [1.165, 1.54) is 4.31 Å². The van der Waals surface area contributed by atoms with Gasteiger partial charge in [0.15, 0.2) is 0 Å². The second-order valence-corrected chi connectivity index (χ2v) is 7.13. The molecule has 1 aliphatic rings. The highest BCUT2D eigenvalue weighted by atomic mass is 32.2. The third-order valence-electron chi connectivity index (χ3n) is 3.64. The van der Waals surface area contributed by atoms with E-state index in [1.807, 2.05) is 13.1 Å². The summed E-state index contributed by atoms with van der Waals surface area (Å²) in [6.45, 7) is 4.33. The van der Waals surface area contributed by atoms with Gasteiger partial charge in [0.05, 0.1) is 24.4 Å². The minimum absolute atomic E-state index is 0.0922. The number of nitriles is 1. The summed E-state index contributed by atoms with van der Waals surface area (Å²) in [4.78, 5) is 0. The van der Waals surface area contributed by atoms with Crippen LogP contribution in [0.3, 0.4) is 0 Å². The van der Waals surface area contributed by atoms with Gasteiger partial charge >= 0.3 is 0 Å². The van der Waals surface area contributed by atoms with E-state index in [4.69, 9.17) is 5.26 Å². The molecule has 1 aliphatic heterocycles. The Kier molecular flexibility index (Phi) is 3.65. The van der Waals surface area contributed by atoms with Crippen molar-refractivity contribution < 1.29 is 8.42 Å². The van der Waals surface area contributed by atoms with Crippen LogP contribution in [0.25, 0.3) is 0 Å². The van der Waals surface area contributed by atoms with Gasteiger partial charge in [0.1, 0.15) is 5.54 Å². The molecule has 2 heterocycles. The van der Waals surface area contributed by atoms with E-state index in [0.717, 1.165) is 12.0 Å². The van der Waals surface area contributed by atoms with Crippen LogP contribution in [0.5, 0.6) is 0 Å². The Hall–Kier alpha value is -1.39. The molecule has 0 unspecified atom stereocenters. The van der Waals surface area contributed by atoms with Crippen molar-refractivity contribution in [2.45, 2.75) is 32.2 Å². The van der Waals surface area contributed by atoms with Gasteiger partial charge in [0.2, 0.25) is 10.0 Å². The van der Waals surface area contributed by atoms with E-state index < -0.39 is 15.6 Å². The first-order chi connectivity index (χ1) is 8.97. The van der Waals surface area contributed by atoms with Crippen LogP contribution in [-0.2, 0) is 22.0 Å². The maximum Gasteiger partial charge on any atom is 0.213 e. The Labute approximate surface area is 113 Å². The molecule has 0 radical (unpaired) electrons. The molecule has 0 bridgehead atoms. The zero-order chi connectivity index (χ0) is 14.1. The van der Waals surface area contributed by atoms with Crippen molar-refractivity contribution in [3.63, 3.8) is 0 Å². The summed E-state index contributed by atoms with van der Waals surface area (Å²) in [6.07, 6.45) is 4.83. The Morgan fingerprint density at radius 3 is 2.63 bits per heavy atom. The van der Waals surface area contributed by atoms with Gasteiger partial charge in [0, 0.05) is 19.3 Å². The van der Waals surface area contributed by atoms with Gasteiger partial charge in [-0.1, -0.05) is 6.92 Å². The third-order valence-corrected chi connectivity index (χ3v) is 5.41. The van der Waals surface area contributed by atoms with Crippen LogP contribution in [0.4, 0.5) is 0 Å². The summed E-state index contributed by atoms with van der Waals surface area (Å²) < 4.78 is 26.7. The maximum absolute atomic E-state index is 11.8. The first kappa shape index (κ1) is 14.0. The first-order valence-corrected chi connectivity index (χ1v) is 7.97. The van der Waals surface area contributed by atoms with Crippen LogP contribution in [0.15, 0.2) is 12.4 Å². The molecule has 0 amide bonds. The van der Waals surface area contributed by atoms with Crippen LogP contribution in [0, 0.1) is 11.3 Å². The molecule has 104 valence electrons. The SMILES string of the molecule is CCc1cnn(C2(CC#N)CN(S(=O)(=O)CC)C2)c1. The molecule has 0 saturated carbocycles. The largest absolute Gasteiger partial charge is 0.263 e. The third kappa shape index (κ3) is 2.38. The highest BCUT2D eigenvalue weighted by Gasteiger charge is 2.49. The van der Waals surface area contributed by atoms with E-state index in [2.05, 4.69) is 11.2 Å². The van der Waals surface area contributed by atoms with Gasteiger partial charge < -0.3 is 0 Å². The number of aromatic nitrogens is 2. The van der Waals surface area contributed by atoms with E-state index >= 15 is 0 Å². The van der Waals surface area contributed by atoms with Crippen molar-refractivity contribution >= 4 is 10.0 Å². The molecule has 1 aromatic rings. The quantitative estimate of drug-likeness (QED) is 0.797.